The smallest absolute Gasteiger partial charge is 0.228 e. The maximum Gasteiger partial charge on any atom is 0.228 e. The zero-order valence-corrected chi connectivity index (χ0v) is 9.34. The van der Waals surface area contributed by atoms with E-state index in [4.69, 9.17) is 21.5 Å². The third-order valence-electron chi connectivity index (χ3n) is 1.62. The number of aromatic nitrogens is 2. The minimum absolute atomic E-state index is 0.599. The fraction of sp³-hybridized carbons (Fsp3) is 0.625. The predicted octanol–water partition coefficient (Wildman–Crippen LogP) is -0.277. The molecule has 1 aromatic rings. The Morgan fingerprint density at radius 1 is 1.53 bits per heavy atom. The number of rotatable bonds is 6. The van der Waals surface area contributed by atoms with Crippen LogP contribution in [0.15, 0.2) is 10.9 Å². The number of nitrogens with zero attached hydrogens (tertiary/aromatic N) is 2. The van der Waals surface area contributed by atoms with Gasteiger partial charge in [0.2, 0.25) is 5.89 Å². The fourth-order valence-corrected chi connectivity index (χ4v) is 1.12. The average molecular weight is 230 g/mol. The molecule has 0 bridgehead atoms. The molecule has 0 aliphatic carbocycles. The average Bonchev–Trinajstić information content (AvgIpc) is 2.71. The van der Waals surface area contributed by atoms with E-state index < -0.39 is 0 Å². The Labute approximate surface area is 93.4 Å². The van der Waals surface area contributed by atoms with Gasteiger partial charge < -0.3 is 19.9 Å². The van der Waals surface area contributed by atoms with Crippen LogP contribution in [0.25, 0.3) is 0 Å². The summed E-state index contributed by atoms with van der Waals surface area (Å²) in [6.07, 6.45) is 2.04. The highest BCUT2D eigenvalue weighted by molar-refractivity contribution is 7.80. The number of nitrogens with one attached hydrogen (secondary N) is 2. The van der Waals surface area contributed by atoms with Crippen molar-refractivity contribution in [1.29, 1.82) is 0 Å². The summed E-state index contributed by atoms with van der Waals surface area (Å²) < 4.78 is 9.70. The molecule has 0 aliphatic heterocycles. The first-order chi connectivity index (χ1) is 7.33. The summed E-state index contributed by atoms with van der Waals surface area (Å²) in [7, 11) is 1.65. The monoisotopic (exact) mass is 230 g/mol. The first-order valence-electron chi connectivity index (χ1n) is 4.59. The van der Waals surface area contributed by atoms with Gasteiger partial charge in [0.1, 0.15) is 0 Å². The van der Waals surface area contributed by atoms with Gasteiger partial charge in [-0.3, -0.25) is 0 Å². The van der Waals surface area contributed by atoms with Gasteiger partial charge in [0.25, 0.3) is 0 Å². The van der Waals surface area contributed by atoms with E-state index in [2.05, 4.69) is 20.8 Å². The van der Waals surface area contributed by atoms with Crippen LogP contribution in [0.4, 0.5) is 0 Å². The Hall–Kier alpha value is -1.21. The molecule has 2 N–H and O–H groups in total. The van der Waals surface area contributed by atoms with Gasteiger partial charge >= 0.3 is 0 Å². The molecule has 0 saturated carbocycles. The highest BCUT2D eigenvalue weighted by Crippen LogP contribution is 1.90. The topological polar surface area (TPSA) is 72.2 Å². The molecule has 1 rings (SSSR count). The van der Waals surface area contributed by atoms with E-state index in [1.807, 2.05) is 0 Å². The van der Waals surface area contributed by atoms with Crippen LogP contribution in [-0.4, -0.2) is 42.1 Å². The molecule has 0 aromatic carbocycles. The summed E-state index contributed by atoms with van der Waals surface area (Å²) in [4.78, 5) is 3.89. The number of hydrogen-bond donors (Lipinski definition) is 2. The Bertz CT molecular complexity index is 278. The lowest BCUT2D eigenvalue weighted by molar-refractivity contribution is 0.204. The second kappa shape index (κ2) is 7.13. The quantitative estimate of drug-likeness (QED) is 0.514. The van der Waals surface area contributed by atoms with Crippen LogP contribution in [0, 0.1) is 0 Å². The molecule has 0 amide bonds. The van der Waals surface area contributed by atoms with Gasteiger partial charge in [-0.2, -0.15) is 4.98 Å². The van der Waals surface area contributed by atoms with E-state index in [0.29, 0.717) is 37.1 Å². The van der Waals surface area contributed by atoms with Crippen molar-refractivity contribution in [2.45, 2.75) is 6.42 Å². The predicted molar refractivity (Wildman–Crippen MR) is 58.5 cm³/mol. The van der Waals surface area contributed by atoms with Gasteiger partial charge in [0, 0.05) is 26.6 Å². The molecular weight excluding hydrogens is 216 g/mol. The van der Waals surface area contributed by atoms with Crippen molar-refractivity contribution in [3.63, 3.8) is 0 Å². The molecule has 0 spiro atoms. The van der Waals surface area contributed by atoms with E-state index in [9.17, 15) is 0 Å². The molecule has 0 aliphatic rings. The highest BCUT2D eigenvalue weighted by atomic mass is 32.1. The molecule has 0 fully saturated rings. The van der Waals surface area contributed by atoms with Crippen LogP contribution in [0.5, 0.6) is 0 Å². The van der Waals surface area contributed by atoms with Crippen molar-refractivity contribution in [2.24, 2.45) is 0 Å². The van der Waals surface area contributed by atoms with Crippen LogP contribution in [-0.2, 0) is 11.2 Å². The van der Waals surface area contributed by atoms with Gasteiger partial charge in [0.05, 0.1) is 6.61 Å². The van der Waals surface area contributed by atoms with Crippen LogP contribution in [0.2, 0.25) is 0 Å². The third kappa shape index (κ3) is 5.28. The van der Waals surface area contributed by atoms with Crippen molar-refractivity contribution in [2.75, 3.05) is 26.8 Å². The number of ether oxygens (including phenoxy) is 1. The Morgan fingerprint density at radius 3 is 3.00 bits per heavy atom. The SMILES string of the molecule is COCCNC(=S)NCCc1ncno1. The van der Waals surface area contributed by atoms with Crippen molar-refractivity contribution in [1.82, 2.24) is 20.8 Å². The van der Waals surface area contributed by atoms with Gasteiger partial charge in [0.15, 0.2) is 11.4 Å². The molecule has 7 heteroatoms. The van der Waals surface area contributed by atoms with Crippen molar-refractivity contribution in [3.8, 4) is 0 Å². The Morgan fingerprint density at radius 2 is 2.33 bits per heavy atom. The van der Waals surface area contributed by atoms with Gasteiger partial charge in [-0.1, -0.05) is 5.16 Å². The van der Waals surface area contributed by atoms with Gasteiger partial charge in [-0.05, 0) is 12.2 Å². The van der Waals surface area contributed by atoms with E-state index in [0.717, 1.165) is 0 Å². The number of hydrogen-bond acceptors (Lipinski definition) is 5. The first-order valence-corrected chi connectivity index (χ1v) is 5.00. The van der Waals surface area contributed by atoms with Crippen molar-refractivity contribution in [3.05, 3.63) is 12.2 Å². The third-order valence-corrected chi connectivity index (χ3v) is 1.91. The number of methoxy groups -OCH3 is 1. The molecule has 0 radical (unpaired) electrons. The minimum Gasteiger partial charge on any atom is -0.383 e. The van der Waals surface area contributed by atoms with E-state index >= 15 is 0 Å². The normalized spacial score (nSPS) is 9.93. The van der Waals surface area contributed by atoms with E-state index in [1.165, 1.54) is 6.33 Å². The molecule has 0 unspecified atom stereocenters. The molecule has 84 valence electrons. The van der Waals surface area contributed by atoms with Crippen LogP contribution in [0.1, 0.15) is 5.89 Å². The maximum absolute atomic E-state index is 5.02. The van der Waals surface area contributed by atoms with Crippen LogP contribution < -0.4 is 10.6 Å². The molecule has 0 saturated heterocycles. The van der Waals surface area contributed by atoms with Crippen LogP contribution >= 0.6 is 12.2 Å². The van der Waals surface area contributed by atoms with Gasteiger partial charge in [-0.25, -0.2) is 0 Å². The van der Waals surface area contributed by atoms with Crippen molar-refractivity contribution >= 4 is 17.3 Å². The molecule has 1 heterocycles. The zero-order valence-electron chi connectivity index (χ0n) is 8.52. The second-order valence-corrected chi connectivity index (χ2v) is 3.17. The summed E-state index contributed by atoms with van der Waals surface area (Å²) in [6, 6.07) is 0. The number of thiocarbonyl (C=S) groups is 1. The second-order valence-electron chi connectivity index (χ2n) is 2.76. The highest BCUT2D eigenvalue weighted by Gasteiger charge is 1.99. The van der Waals surface area contributed by atoms with Crippen molar-refractivity contribution < 1.29 is 9.26 Å². The first kappa shape index (κ1) is 11.9. The Kier molecular flexibility index (Phi) is 5.64. The fourth-order valence-electron chi connectivity index (χ4n) is 0.918. The van der Waals surface area contributed by atoms with Gasteiger partial charge in [-0.15, -0.1) is 0 Å². The summed E-state index contributed by atoms with van der Waals surface area (Å²) in [5.74, 6) is 0.599. The summed E-state index contributed by atoms with van der Waals surface area (Å²) in [5, 5.41) is 10.1. The van der Waals surface area contributed by atoms with E-state index in [1.54, 1.807) is 7.11 Å². The van der Waals surface area contributed by atoms with Crippen LogP contribution in [0.3, 0.4) is 0 Å². The minimum atomic E-state index is 0.599. The molecular formula is C8H14N4O2S. The Balaban J connectivity index is 2.02. The lowest BCUT2D eigenvalue weighted by Crippen LogP contribution is -2.37. The summed E-state index contributed by atoms with van der Waals surface area (Å²) in [6.45, 7) is 2.00. The molecule has 6 nitrogen and oxygen atoms in total. The largest absolute Gasteiger partial charge is 0.383 e. The maximum atomic E-state index is 5.02. The lowest BCUT2D eigenvalue weighted by atomic mass is 10.4. The standard InChI is InChI=1S/C8H14N4O2S/c1-13-5-4-10-8(15)9-3-2-7-11-6-12-14-7/h6H,2-5H2,1H3,(H2,9,10,15). The molecule has 15 heavy (non-hydrogen) atoms. The summed E-state index contributed by atoms with van der Waals surface area (Å²) >= 11 is 5.02. The van der Waals surface area contributed by atoms with E-state index in [-0.39, 0.29) is 0 Å². The zero-order chi connectivity index (χ0) is 10.9. The lowest BCUT2D eigenvalue weighted by Gasteiger charge is -2.08. The molecule has 1 aromatic heterocycles. The summed E-state index contributed by atoms with van der Waals surface area (Å²) in [5.41, 5.74) is 0. The molecule has 0 atom stereocenters.